The number of rotatable bonds is 7. The largest absolute Gasteiger partial charge is 0.476 e. The summed E-state index contributed by atoms with van der Waals surface area (Å²) in [6, 6.07) is 1.50. The Bertz CT molecular complexity index is 682. The summed E-state index contributed by atoms with van der Waals surface area (Å²) in [4.78, 5) is 29.2. The number of aromatic carboxylic acids is 1. The van der Waals surface area contributed by atoms with E-state index in [9.17, 15) is 9.59 Å². The molecule has 2 aromatic heterocycles. The molecule has 0 atom stereocenters. The second kappa shape index (κ2) is 7.02. The fourth-order valence-corrected chi connectivity index (χ4v) is 2.50. The average molecular weight is 309 g/mol. The first-order chi connectivity index (χ1) is 10.1. The van der Waals surface area contributed by atoms with Gasteiger partial charge in [-0.25, -0.2) is 9.78 Å². The number of nitrogens with one attached hydrogen (secondary N) is 1. The molecule has 21 heavy (non-hydrogen) atoms. The minimum atomic E-state index is -1.10. The van der Waals surface area contributed by atoms with E-state index in [1.807, 2.05) is 6.92 Å². The van der Waals surface area contributed by atoms with Crippen LogP contribution in [0.5, 0.6) is 0 Å². The van der Waals surface area contributed by atoms with E-state index < -0.39 is 5.97 Å². The molecule has 9 heteroatoms. The van der Waals surface area contributed by atoms with Gasteiger partial charge in [0, 0.05) is 17.5 Å². The standard InChI is InChI=1S/C12H15N5O3S/c1-2-3-8-6-10(18)14-12(13-8)21-5-4-17-7-9(11(19)20)15-16-17/h6-7H,2-5H2,1H3,(H,19,20)(H,13,14,18). The minimum Gasteiger partial charge on any atom is -0.476 e. The van der Waals surface area contributed by atoms with Crippen LogP contribution in [-0.4, -0.2) is 41.8 Å². The summed E-state index contributed by atoms with van der Waals surface area (Å²) < 4.78 is 1.45. The fraction of sp³-hybridized carbons (Fsp3) is 0.417. The zero-order chi connectivity index (χ0) is 15.2. The van der Waals surface area contributed by atoms with Crippen LogP contribution in [-0.2, 0) is 13.0 Å². The van der Waals surface area contributed by atoms with Gasteiger partial charge in [0.1, 0.15) is 0 Å². The molecule has 0 aliphatic heterocycles. The zero-order valence-corrected chi connectivity index (χ0v) is 12.3. The Kier molecular flexibility index (Phi) is 5.09. The maximum Gasteiger partial charge on any atom is 0.358 e. The monoisotopic (exact) mass is 309 g/mol. The summed E-state index contributed by atoms with van der Waals surface area (Å²) in [5.74, 6) is -0.506. The van der Waals surface area contributed by atoms with Gasteiger partial charge >= 0.3 is 5.97 Å². The molecular formula is C12H15N5O3S. The van der Waals surface area contributed by atoms with Crippen LogP contribution in [0.3, 0.4) is 0 Å². The Hall–Kier alpha value is -2.16. The van der Waals surface area contributed by atoms with Crippen LogP contribution in [0.25, 0.3) is 0 Å². The van der Waals surface area contributed by atoms with Gasteiger partial charge in [0.05, 0.1) is 12.7 Å². The van der Waals surface area contributed by atoms with Gasteiger partial charge in [0.15, 0.2) is 10.9 Å². The molecule has 8 nitrogen and oxygen atoms in total. The Balaban J connectivity index is 1.93. The molecule has 112 valence electrons. The molecule has 2 N–H and O–H groups in total. The summed E-state index contributed by atoms with van der Waals surface area (Å²) in [6.07, 6.45) is 3.06. The van der Waals surface area contributed by atoms with E-state index in [1.54, 1.807) is 0 Å². The van der Waals surface area contributed by atoms with Crippen molar-refractivity contribution in [3.63, 3.8) is 0 Å². The van der Waals surface area contributed by atoms with E-state index in [1.165, 1.54) is 28.7 Å². The molecule has 0 saturated heterocycles. The molecule has 0 spiro atoms. The lowest BCUT2D eigenvalue weighted by molar-refractivity contribution is 0.0690. The summed E-state index contributed by atoms with van der Waals surface area (Å²) in [5.41, 5.74) is 0.527. The highest BCUT2D eigenvalue weighted by molar-refractivity contribution is 7.99. The normalized spacial score (nSPS) is 10.7. The first-order valence-electron chi connectivity index (χ1n) is 6.45. The topological polar surface area (TPSA) is 114 Å². The lowest BCUT2D eigenvalue weighted by Crippen LogP contribution is -2.10. The van der Waals surface area contributed by atoms with Crippen LogP contribution >= 0.6 is 11.8 Å². The number of aryl methyl sites for hydroxylation is 2. The van der Waals surface area contributed by atoms with Gasteiger partial charge in [-0.05, 0) is 6.42 Å². The molecule has 0 aliphatic carbocycles. The van der Waals surface area contributed by atoms with Gasteiger partial charge in [-0.3, -0.25) is 9.48 Å². The number of aromatic amines is 1. The number of hydrogen-bond acceptors (Lipinski definition) is 6. The lowest BCUT2D eigenvalue weighted by atomic mass is 10.2. The Morgan fingerprint density at radius 2 is 2.33 bits per heavy atom. The number of carboxylic acids is 1. The molecule has 0 bridgehead atoms. The maximum absolute atomic E-state index is 11.5. The summed E-state index contributed by atoms with van der Waals surface area (Å²) in [5, 5.41) is 16.5. The van der Waals surface area contributed by atoms with Crippen molar-refractivity contribution in [3.8, 4) is 0 Å². The van der Waals surface area contributed by atoms with Gasteiger partial charge in [-0.15, -0.1) is 5.10 Å². The van der Waals surface area contributed by atoms with E-state index >= 15 is 0 Å². The molecule has 0 aliphatic rings. The van der Waals surface area contributed by atoms with E-state index in [4.69, 9.17) is 5.11 Å². The third kappa shape index (κ3) is 4.42. The van der Waals surface area contributed by atoms with E-state index in [0.29, 0.717) is 17.5 Å². The highest BCUT2D eigenvalue weighted by Gasteiger charge is 2.08. The molecule has 0 radical (unpaired) electrons. The number of thioether (sulfide) groups is 1. The molecular weight excluding hydrogens is 294 g/mol. The number of H-pyrrole nitrogens is 1. The van der Waals surface area contributed by atoms with Gasteiger partial charge in [-0.1, -0.05) is 30.3 Å². The number of nitrogens with zero attached hydrogens (tertiary/aromatic N) is 4. The molecule has 2 rings (SSSR count). The van der Waals surface area contributed by atoms with Crippen molar-refractivity contribution in [1.82, 2.24) is 25.0 Å². The average Bonchev–Trinajstić information content (AvgIpc) is 2.87. The fourth-order valence-electron chi connectivity index (χ4n) is 1.68. The van der Waals surface area contributed by atoms with Crippen LogP contribution < -0.4 is 5.56 Å². The number of aromatic nitrogens is 5. The van der Waals surface area contributed by atoms with Crippen molar-refractivity contribution in [3.05, 3.63) is 34.0 Å². The third-order valence-electron chi connectivity index (χ3n) is 2.60. The predicted molar refractivity (Wildman–Crippen MR) is 76.6 cm³/mol. The molecule has 0 fully saturated rings. The van der Waals surface area contributed by atoms with Gasteiger partial charge < -0.3 is 10.1 Å². The van der Waals surface area contributed by atoms with Crippen molar-refractivity contribution < 1.29 is 9.90 Å². The van der Waals surface area contributed by atoms with Crippen LogP contribution in [0, 0.1) is 0 Å². The number of hydrogen-bond donors (Lipinski definition) is 2. The van der Waals surface area contributed by atoms with Crippen LogP contribution in [0.2, 0.25) is 0 Å². The van der Waals surface area contributed by atoms with E-state index in [2.05, 4.69) is 20.3 Å². The van der Waals surface area contributed by atoms with Crippen LogP contribution in [0.15, 0.2) is 22.2 Å². The Labute approximate surface area is 124 Å². The second-order valence-electron chi connectivity index (χ2n) is 4.31. The highest BCUT2D eigenvalue weighted by atomic mass is 32.2. The molecule has 0 unspecified atom stereocenters. The molecule has 2 aromatic rings. The van der Waals surface area contributed by atoms with Crippen molar-refractivity contribution in [2.24, 2.45) is 0 Å². The summed E-state index contributed by atoms with van der Waals surface area (Å²) in [7, 11) is 0. The lowest BCUT2D eigenvalue weighted by Gasteiger charge is -2.03. The first kappa shape index (κ1) is 15.2. The molecule has 2 heterocycles. The zero-order valence-electron chi connectivity index (χ0n) is 11.4. The predicted octanol–water partition coefficient (Wildman–Crippen LogP) is 0.804. The van der Waals surface area contributed by atoms with Crippen molar-refractivity contribution >= 4 is 17.7 Å². The molecule has 0 aromatic carbocycles. The van der Waals surface area contributed by atoms with Crippen molar-refractivity contribution in [1.29, 1.82) is 0 Å². The summed E-state index contributed by atoms with van der Waals surface area (Å²) in [6.45, 7) is 2.51. The SMILES string of the molecule is CCCc1cc(=O)[nH]c(SCCn2cc(C(=O)O)nn2)n1. The molecule has 0 saturated carbocycles. The summed E-state index contributed by atoms with van der Waals surface area (Å²) >= 11 is 1.38. The second-order valence-corrected chi connectivity index (χ2v) is 5.40. The van der Waals surface area contributed by atoms with Gasteiger partial charge in [-0.2, -0.15) is 0 Å². The molecule has 0 amide bonds. The minimum absolute atomic E-state index is 0.0866. The first-order valence-corrected chi connectivity index (χ1v) is 7.43. The van der Waals surface area contributed by atoms with Crippen molar-refractivity contribution in [2.75, 3.05) is 5.75 Å². The number of carboxylic acid groups (broad SMARTS) is 1. The quantitative estimate of drug-likeness (QED) is 0.574. The van der Waals surface area contributed by atoms with Gasteiger partial charge in [0.25, 0.3) is 5.56 Å². The van der Waals surface area contributed by atoms with Crippen LogP contribution in [0.4, 0.5) is 0 Å². The highest BCUT2D eigenvalue weighted by Crippen LogP contribution is 2.12. The van der Waals surface area contributed by atoms with E-state index in [0.717, 1.165) is 18.5 Å². The van der Waals surface area contributed by atoms with Crippen molar-refractivity contribution in [2.45, 2.75) is 31.5 Å². The Morgan fingerprint density at radius 3 is 3.00 bits per heavy atom. The van der Waals surface area contributed by atoms with Crippen LogP contribution in [0.1, 0.15) is 29.5 Å². The van der Waals surface area contributed by atoms with E-state index in [-0.39, 0.29) is 11.3 Å². The van der Waals surface area contributed by atoms with Gasteiger partial charge in [0.2, 0.25) is 0 Å². The number of carbonyl (C=O) groups is 1. The smallest absolute Gasteiger partial charge is 0.358 e. The maximum atomic E-state index is 11.5. The Morgan fingerprint density at radius 1 is 1.52 bits per heavy atom. The third-order valence-corrected chi connectivity index (χ3v) is 3.45.